The van der Waals surface area contributed by atoms with E-state index in [4.69, 9.17) is 5.73 Å². The maximum Gasteiger partial charge on any atom is 0.237 e. The van der Waals surface area contributed by atoms with Crippen LogP contribution in [0.4, 0.5) is 0 Å². The van der Waals surface area contributed by atoms with Gasteiger partial charge in [0.2, 0.25) is 5.91 Å². The summed E-state index contributed by atoms with van der Waals surface area (Å²) in [5.41, 5.74) is 7.24. The Hall–Kier alpha value is -1.43. The van der Waals surface area contributed by atoms with E-state index in [-0.39, 0.29) is 11.8 Å². The fraction of sp³-hybridized carbons (Fsp3) is 0.632. The van der Waals surface area contributed by atoms with Crippen LogP contribution in [0.15, 0.2) is 30.3 Å². The molecule has 1 heterocycles. The molecule has 2 rings (SSSR count). The van der Waals surface area contributed by atoms with Crippen molar-refractivity contribution in [3.05, 3.63) is 35.9 Å². The van der Waals surface area contributed by atoms with Crippen molar-refractivity contribution in [1.82, 2.24) is 15.1 Å². The molecule has 1 aliphatic rings. The first-order valence-electron chi connectivity index (χ1n) is 9.00. The van der Waals surface area contributed by atoms with Crippen molar-refractivity contribution in [2.24, 2.45) is 11.7 Å². The van der Waals surface area contributed by atoms with Crippen LogP contribution < -0.4 is 11.1 Å². The zero-order valence-corrected chi connectivity index (χ0v) is 15.2. The molecule has 1 aromatic rings. The van der Waals surface area contributed by atoms with Gasteiger partial charge in [-0.3, -0.25) is 9.69 Å². The highest BCUT2D eigenvalue weighted by Crippen LogP contribution is 2.24. The Morgan fingerprint density at radius 1 is 1.29 bits per heavy atom. The second-order valence-corrected chi connectivity index (χ2v) is 7.14. The largest absolute Gasteiger partial charge is 0.355 e. The van der Waals surface area contributed by atoms with Crippen molar-refractivity contribution in [3.63, 3.8) is 0 Å². The molecule has 2 atom stereocenters. The van der Waals surface area contributed by atoms with Crippen molar-refractivity contribution in [3.8, 4) is 0 Å². The number of hydrogen-bond acceptors (Lipinski definition) is 4. The van der Waals surface area contributed by atoms with Crippen LogP contribution in [0.25, 0.3) is 0 Å². The van der Waals surface area contributed by atoms with Gasteiger partial charge in [-0.15, -0.1) is 0 Å². The van der Waals surface area contributed by atoms with Gasteiger partial charge in [0.25, 0.3) is 0 Å². The minimum atomic E-state index is -0.411. The molecule has 1 unspecified atom stereocenters. The normalized spacial score (nSPS) is 21.0. The van der Waals surface area contributed by atoms with E-state index in [9.17, 15) is 4.79 Å². The second-order valence-electron chi connectivity index (χ2n) is 7.14. The van der Waals surface area contributed by atoms with Crippen LogP contribution in [0.1, 0.15) is 31.9 Å². The lowest BCUT2D eigenvalue weighted by Gasteiger charge is -2.40. The lowest BCUT2D eigenvalue weighted by atomic mass is 10.0. The quantitative estimate of drug-likeness (QED) is 0.742. The summed E-state index contributed by atoms with van der Waals surface area (Å²) in [6.45, 7) is 8.83. The number of benzene rings is 1. The lowest BCUT2D eigenvalue weighted by molar-refractivity contribution is -0.123. The summed E-state index contributed by atoms with van der Waals surface area (Å²) in [6, 6.07) is 10.7. The van der Waals surface area contributed by atoms with Crippen molar-refractivity contribution < 1.29 is 4.79 Å². The summed E-state index contributed by atoms with van der Waals surface area (Å²) in [5, 5.41) is 2.97. The van der Waals surface area contributed by atoms with Gasteiger partial charge in [-0.1, -0.05) is 44.2 Å². The monoisotopic (exact) mass is 332 g/mol. The van der Waals surface area contributed by atoms with Crippen molar-refractivity contribution >= 4 is 5.91 Å². The van der Waals surface area contributed by atoms with Gasteiger partial charge in [-0.25, -0.2) is 0 Å². The number of hydrogen-bond donors (Lipinski definition) is 2. The van der Waals surface area contributed by atoms with E-state index in [0.29, 0.717) is 12.6 Å². The highest BCUT2D eigenvalue weighted by atomic mass is 16.2. The number of carbonyl (C=O) groups excluding carboxylic acids is 1. The van der Waals surface area contributed by atoms with Crippen LogP contribution in [0.3, 0.4) is 0 Å². The fourth-order valence-electron chi connectivity index (χ4n) is 3.13. The van der Waals surface area contributed by atoms with E-state index in [1.165, 1.54) is 5.56 Å². The SMILES string of the molecule is CC(C)[C@H](N)C(=O)NCCCN1CCN(C)CC1c1ccccc1. The summed E-state index contributed by atoms with van der Waals surface area (Å²) >= 11 is 0. The Morgan fingerprint density at radius 2 is 2.00 bits per heavy atom. The third-order valence-corrected chi connectivity index (χ3v) is 4.82. The maximum atomic E-state index is 11.9. The molecule has 1 aromatic carbocycles. The molecule has 1 amide bonds. The van der Waals surface area contributed by atoms with E-state index in [1.807, 2.05) is 13.8 Å². The number of nitrogens with zero attached hydrogens (tertiary/aromatic N) is 2. The van der Waals surface area contributed by atoms with Crippen LogP contribution in [0, 0.1) is 5.92 Å². The predicted octanol–water partition coefficient (Wildman–Crippen LogP) is 1.46. The van der Waals surface area contributed by atoms with Gasteiger partial charge in [0.1, 0.15) is 0 Å². The minimum Gasteiger partial charge on any atom is -0.355 e. The van der Waals surface area contributed by atoms with Gasteiger partial charge < -0.3 is 16.0 Å². The molecule has 24 heavy (non-hydrogen) atoms. The zero-order valence-electron chi connectivity index (χ0n) is 15.2. The predicted molar refractivity (Wildman–Crippen MR) is 98.7 cm³/mol. The summed E-state index contributed by atoms with van der Waals surface area (Å²) < 4.78 is 0. The molecule has 5 heteroatoms. The molecule has 0 bridgehead atoms. The standard InChI is InChI=1S/C19H32N4O/c1-15(2)18(20)19(24)21-10-7-11-23-13-12-22(3)14-17(23)16-8-5-4-6-9-16/h4-6,8-9,15,17-18H,7,10-14,20H2,1-3H3,(H,21,24)/t17?,18-/m0/s1. The molecule has 1 aliphatic heterocycles. The Labute approximate surface area is 146 Å². The highest BCUT2D eigenvalue weighted by molar-refractivity contribution is 5.81. The molecule has 5 nitrogen and oxygen atoms in total. The molecule has 0 saturated carbocycles. The van der Waals surface area contributed by atoms with Gasteiger partial charge in [-0.2, -0.15) is 0 Å². The Morgan fingerprint density at radius 3 is 2.67 bits per heavy atom. The average Bonchev–Trinajstić information content (AvgIpc) is 2.59. The number of nitrogens with two attached hydrogens (primary N) is 1. The zero-order chi connectivity index (χ0) is 17.5. The van der Waals surface area contributed by atoms with Crippen LogP contribution in [0.5, 0.6) is 0 Å². The topological polar surface area (TPSA) is 61.6 Å². The first-order chi connectivity index (χ1) is 11.5. The van der Waals surface area contributed by atoms with Gasteiger partial charge in [-0.05, 0) is 24.9 Å². The van der Waals surface area contributed by atoms with Crippen molar-refractivity contribution in [2.75, 3.05) is 39.8 Å². The molecule has 134 valence electrons. The third kappa shape index (κ3) is 5.30. The molecule has 1 saturated heterocycles. The first-order valence-corrected chi connectivity index (χ1v) is 9.00. The average molecular weight is 332 g/mol. The molecule has 0 aliphatic carbocycles. The van der Waals surface area contributed by atoms with Crippen molar-refractivity contribution in [2.45, 2.75) is 32.4 Å². The lowest BCUT2D eigenvalue weighted by Crippen LogP contribution is -2.48. The number of rotatable bonds is 7. The molecular formula is C19H32N4O. The number of amides is 1. The number of likely N-dealkylation sites (N-methyl/N-ethyl adjacent to an activating group) is 1. The van der Waals surface area contributed by atoms with E-state index in [1.54, 1.807) is 0 Å². The number of carbonyl (C=O) groups is 1. The summed E-state index contributed by atoms with van der Waals surface area (Å²) in [7, 11) is 2.18. The fourth-order valence-corrected chi connectivity index (χ4v) is 3.13. The number of nitrogens with one attached hydrogen (secondary N) is 1. The van der Waals surface area contributed by atoms with Crippen LogP contribution in [-0.2, 0) is 4.79 Å². The smallest absolute Gasteiger partial charge is 0.237 e. The summed E-state index contributed by atoms with van der Waals surface area (Å²) in [6.07, 6.45) is 0.948. The van der Waals surface area contributed by atoms with Gasteiger partial charge >= 0.3 is 0 Å². The van der Waals surface area contributed by atoms with Gasteiger partial charge in [0.05, 0.1) is 6.04 Å². The first kappa shape index (κ1) is 18.9. The molecular weight excluding hydrogens is 300 g/mol. The van der Waals surface area contributed by atoms with Crippen LogP contribution in [0.2, 0.25) is 0 Å². The van der Waals surface area contributed by atoms with Crippen LogP contribution >= 0.6 is 0 Å². The van der Waals surface area contributed by atoms with E-state index in [2.05, 4.69) is 52.5 Å². The van der Waals surface area contributed by atoms with Gasteiger partial charge in [0, 0.05) is 38.8 Å². The van der Waals surface area contributed by atoms with Gasteiger partial charge in [0.15, 0.2) is 0 Å². The Bertz CT molecular complexity index is 505. The molecule has 0 radical (unpaired) electrons. The Balaban J connectivity index is 1.83. The molecule has 0 aromatic heterocycles. The van der Waals surface area contributed by atoms with E-state index >= 15 is 0 Å². The number of piperazine rings is 1. The minimum absolute atomic E-state index is 0.0389. The van der Waals surface area contributed by atoms with E-state index in [0.717, 1.165) is 32.6 Å². The molecule has 0 spiro atoms. The van der Waals surface area contributed by atoms with Crippen LogP contribution in [-0.4, -0.2) is 61.5 Å². The Kier molecular flexibility index (Phi) is 7.21. The van der Waals surface area contributed by atoms with E-state index < -0.39 is 6.04 Å². The third-order valence-electron chi connectivity index (χ3n) is 4.82. The maximum absolute atomic E-state index is 11.9. The summed E-state index contributed by atoms with van der Waals surface area (Å²) in [4.78, 5) is 16.8. The van der Waals surface area contributed by atoms with Crippen molar-refractivity contribution in [1.29, 1.82) is 0 Å². The second kappa shape index (κ2) is 9.16. The highest BCUT2D eigenvalue weighted by Gasteiger charge is 2.26. The molecule has 3 N–H and O–H groups in total. The summed E-state index contributed by atoms with van der Waals surface area (Å²) in [5.74, 6) is 0.132. The molecule has 1 fully saturated rings.